The van der Waals surface area contributed by atoms with Crippen LogP contribution in [0.1, 0.15) is 23.1 Å². The number of amides is 2. The zero-order valence-corrected chi connectivity index (χ0v) is 15.8. The van der Waals surface area contributed by atoms with Gasteiger partial charge in [-0.05, 0) is 51.9 Å². The third kappa shape index (κ3) is 5.83. The van der Waals surface area contributed by atoms with E-state index in [2.05, 4.69) is 27.5 Å². The Labute approximate surface area is 150 Å². The molecule has 0 spiro atoms. The molecule has 2 rings (SSSR count). The SMILES string of the molecule is Cc1cc(C)c(NC(=O)C(=O)NCCCN2CCN(C)CC2)c(C)c1. The maximum atomic E-state index is 12.1. The summed E-state index contributed by atoms with van der Waals surface area (Å²) in [5.74, 6) is -1.17. The number of nitrogens with zero attached hydrogens (tertiary/aromatic N) is 2. The van der Waals surface area contributed by atoms with E-state index in [-0.39, 0.29) is 0 Å². The zero-order valence-electron chi connectivity index (χ0n) is 15.8. The summed E-state index contributed by atoms with van der Waals surface area (Å²) in [5, 5.41) is 5.45. The van der Waals surface area contributed by atoms with Gasteiger partial charge >= 0.3 is 11.8 Å². The Bertz CT molecular complexity index is 599. The van der Waals surface area contributed by atoms with Crippen LogP contribution in [0.15, 0.2) is 12.1 Å². The van der Waals surface area contributed by atoms with Crippen molar-refractivity contribution in [3.8, 4) is 0 Å². The summed E-state index contributed by atoms with van der Waals surface area (Å²) in [4.78, 5) is 28.8. The second-order valence-electron chi connectivity index (χ2n) is 6.98. The quantitative estimate of drug-likeness (QED) is 0.623. The third-order valence-corrected chi connectivity index (χ3v) is 4.65. The van der Waals surface area contributed by atoms with Gasteiger partial charge in [-0.15, -0.1) is 0 Å². The Kier molecular flexibility index (Phi) is 6.96. The highest BCUT2D eigenvalue weighted by Crippen LogP contribution is 2.21. The standard InChI is InChI=1S/C19H30N4O2/c1-14-12-15(2)17(16(3)13-14)21-19(25)18(24)20-6-5-7-23-10-8-22(4)9-11-23/h12-13H,5-11H2,1-4H3,(H,20,24)(H,21,25). The fourth-order valence-electron chi connectivity index (χ4n) is 3.20. The van der Waals surface area contributed by atoms with Crippen LogP contribution in [0.5, 0.6) is 0 Å². The molecule has 1 aliphatic heterocycles. The number of carbonyl (C=O) groups excluding carboxylic acids is 2. The molecule has 1 aromatic carbocycles. The molecule has 1 aliphatic rings. The highest BCUT2D eigenvalue weighted by Gasteiger charge is 2.16. The van der Waals surface area contributed by atoms with E-state index in [1.54, 1.807) is 0 Å². The van der Waals surface area contributed by atoms with Gasteiger partial charge in [0.2, 0.25) is 0 Å². The smallest absolute Gasteiger partial charge is 0.313 e. The first kappa shape index (κ1) is 19.4. The molecule has 1 heterocycles. The summed E-state index contributed by atoms with van der Waals surface area (Å²) in [6.07, 6.45) is 0.853. The maximum absolute atomic E-state index is 12.1. The number of likely N-dealkylation sites (N-methyl/N-ethyl adjacent to an activating group) is 1. The van der Waals surface area contributed by atoms with Crippen LogP contribution in [0, 0.1) is 20.8 Å². The molecular formula is C19H30N4O2. The highest BCUT2D eigenvalue weighted by molar-refractivity contribution is 6.39. The fourth-order valence-corrected chi connectivity index (χ4v) is 3.20. The van der Waals surface area contributed by atoms with Gasteiger partial charge in [-0.1, -0.05) is 17.7 Å². The second-order valence-corrected chi connectivity index (χ2v) is 6.98. The summed E-state index contributed by atoms with van der Waals surface area (Å²) in [7, 11) is 2.13. The number of anilines is 1. The van der Waals surface area contributed by atoms with E-state index >= 15 is 0 Å². The Morgan fingerprint density at radius 1 is 1.00 bits per heavy atom. The number of piperazine rings is 1. The van der Waals surface area contributed by atoms with Gasteiger partial charge < -0.3 is 20.4 Å². The highest BCUT2D eigenvalue weighted by atomic mass is 16.2. The molecule has 0 aromatic heterocycles. The van der Waals surface area contributed by atoms with Crippen LogP contribution in [-0.2, 0) is 9.59 Å². The third-order valence-electron chi connectivity index (χ3n) is 4.65. The molecule has 0 saturated carbocycles. The summed E-state index contributed by atoms with van der Waals surface area (Å²) in [5.41, 5.74) is 3.80. The molecule has 0 unspecified atom stereocenters. The van der Waals surface area contributed by atoms with Crippen LogP contribution in [0.25, 0.3) is 0 Å². The van der Waals surface area contributed by atoms with Crippen LogP contribution in [-0.4, -0.2) is 67.9 Å². The largest absolute Gasteiger partial charge is 0.348 e. The molecule has 0 radical (unpaired) electrons. The lowest BCUT2D eigenvalue weighted by Crippen LogP contribution is -2.45. The van der Waals surface area contributed by atoms with E-state index < -0.39 is 11.8 Å². The van der Waals surface area contributed by atoms with Crippen molar-refractivity contribution in [3.63, 3.8) is 0 Å². The van der Waals surface area contributed by atoms with Gasteiger partial charge in [0, 0.05) is 38.4 Å². The van der Waals surface area contributed by atoms with Crippen molar-refractivity contribution in [2.24, 2.45) is 0 Å². The molecule has 138 valence electrons. The molecule has 25 heavy (non-hydrogen) atoms. The maximum Gasteiger partial charge on any atom is 0.313 e. The van der Waals surface area contributed by atoms with E-state index in [0.29, 0.717) is 6.54 Å². The van der Waals surface area contributed by atoms with Gasteiger partial charge in [-0.3, -0.25) is 9.59 Å². The van der Waals surface area contributed by atoms with Crippen LogP contribution < -0.4 is 10.6 Å². The van der Waals surface area contributed by atoms with Crippen molar-refractivity contribution in [3.05, 3.63) is 28.8 Å². The van der Waals surface area contributed by atoms with E-state index in [4.69, 9.17) is 0 Å². The molecule has 1 saturated heterocycles. The zero-order chi connectivity index (χ0) is 18.4. The molecule has 0 bridgehead atoms. The first-order chi connectivity index (χ1) is 11.9. The van der Waals surface area contributed by atoms with Crippen molar-refractivity contribution in [2.75, 3.05) is 51.6 Å². The van der Waals surface area contributed by atoms with Gasteiger partial charge in [-0.2, -0.15) is 0 Å². The van der Waals surface area contributed by atoms with Crippen LogP contribution in [0.2, 0.25) is 0 Å². The number of benzene rings is 1. The molecule has 1 aromatic rings. The van der Waals surface area contributed by atoms with Gasteiger partial charge in [0.1, 0.15) is 0 Å². The number of hydrogen-bond acceptors (Lipinski definition) is 4. The van der Waals surface area contributed by atoms with E-state index in [1.165, 1.54) is 0 Å². The molecule has 6 nitrogen and oxygen atoms in total. The van der Waals surface area contributed by atoms with Crippen LogP contribution in [0.3, 0.4) is 0 Å². The second kappa shape index (κ2) is 8.97. The van der Waals surface area contributed by atoms with Gasteiger partial charge in [0.15, 0.2) is 0 Å². The Morgan fingerprint density at radius 3 is 2.20 bits per heavy atom. The predicted molar refractivity (Wildman–Crippen MR) is 101 cm³/mol. The summed E-state index contributed by atoms with van der Waals surface area (Å²) in [6, 6.07) is 3.99. The minimum absolute atomic E-state index is 0.518. The molecule has 0 atom stereocenters. The Balaban J connectivity index is 1.73. The molecule has 2 amide bonds. The number of rotatable bonds is 5. The summed E-state index contributed by atoms with van der Waals surface area (Å²) < 4.78 is 0. The summed E-state index contributed by atoms with van der Waals surface area (Å²) in [6.45, 7) is 11.7. The van der Waals surface area contributed by atoms with E-state index in [9.17, 15) is 9.59 Å². The van der Waals surface area contributed by atoms with Crippen molar-refractivity contribution in [2.45, 2.75) is 27.2 Å². The van der Waals surface area contributed by atoms with E-state index in [1.807, 2.05) is 32.9 Å². The first-order valence-electron chi connectivity index (χ1n) is 8.94. The average Bonchev–Trinajstić information content (AvgIpc) is 2.56. The topological polar surface area (TPSA) is 64.7 Å². The number of carbonyl (C=O) groups is 2. The average molecular weight is 346 g/mol. The number of aryl methyl sites for hydroxylation is 3. The minimum atomic E-state index is -0.602. The molecule has 1 fully saturated rings. The molecule has 0 aliphatic carbocycles. The lowest BCUT2D eigenvalue weighted by molar-refractivity contribution is -0.136. The fraction of sp³-hybridized carbons (Fsp3) is 0.579. The normalized spacial score (nSPS) is 15.8. The molecule has 2 N–H and O–H groups in total. The van der Waals surface area contributed by atoms with Crippen molar-refractivity contribution in [1.29, 1.82) is 0 Å². The van der Waals surface area contributed by atoms with Crippen LogP contribution >= 0.6 is 0 Å². The Morgan fingerprint density at radius 2 is 1.60 bits per heavy atom. The number of nitrogens with one attached hydrogen (secondary N) is 2. The van der Waals surface area contributed by atoms with Crippen molar-refractivity contribution in [1.82, 2.24) is 15.1 Å². The van der Waals surface area contributed by atoms with Gasteiger partial charge in [0.05, 0.1) is 0 Å². The van der Waals surface area contributed by atoms with E-state index in [0.717, 1.165) is 61.5 Å². The van der Waals surface area contributed by atoms with Crippen LogP contribution in [0.4, 0.5) is 5.69 Å². The first-order valence-corrected chi connectivity index (χ1v) is 8.94. The molecular weight excluding hydrogens is 316 g/mol. The van der Waals surface area contributed by atoms with Gasteiger partial charge in [0.25, 0.3) is 0 Å². The van der Waals surface area contributed by atoms with Gasteiger partial charge in [-0.25, -0.2) is 0 Å². The minimum Gasteiger partial charge on any atom is -0.348 e. The lowest BCUT2D eigenvalue weighted by atomic mass is 10.1. The lowest BCUT2D eigenvalue weighted by Gasteiger charge is -2.32. The number of hydrogen-bond donors (Lipinski definition) is 2. The predicted octanol–water partition coefficient (Wildman–Crippen LogP) is 1.30. The van der Waals surface area contributed by atoms with Crippen molar-refractivity contribution < 1.29 is 9.59 Å². The monoisotopic (exact) mass is 346 g/mol. The van der Waals surface area contributed by atoms with Crippen molar-refractivity contribution >= 4 is 17.5 Å². The molecule has 6 heteroatoms. The Hall–Kier alpha value is -1.92. The summed E-state index contributed by atoms with van der Waals surface area (Å²) >= 11 is 0.